The fourth-order valence-corrected chi connectivity index (χ4v) is 2.67. The summed E-state index contributed by atoms with van der Waals surface area (Å²) in [4.78, 5) is 17.5. The molecule has 3 rings (SSSR count). The first-order valence-electron chi connectivity index (χ1n) is 8.71. The van der Waals surface area contributed by atoms with Crippen molar-refractivity contribution in [3.8, 4) is 22.7 Å². The lowest BCUT2D eigenvalue weighted by Gasteiger charge is -2.18. The molecular weight excluding hydrogens is 373 g/mol. The molecule has 9 heteroatoms. The first-order chi connectivity index (χ1) is 13.3. The average molecular weight is 392 g/mol. The van der Waals surface area contributed by atoms with Gasteiger partial charge >= 0.3 is 6.18 Å². The summed E-state index contributed by atoms with van der Waals surface area (Å²) in [7, 11) is 0. The van der Waals surface area contributed by atoms with Crippen LogP contribution in [0.15, 0.2) is 47.5 Å². The van der Waals surface area contributed by atoms with Gasteiger partial charge in [-0.1, -0.05) is 13.8 Å². The molecule has 2 heterocycles. The van der Waals surface area contributed by atoms with Crippen molar-refractivity contribution in [1.29, 1.82) is 0 Å². The van der Waals surface area contributed by atoms with Crippen molar-refractivity contribution >= 4 is 0 Å². The average Bonchev–Trinajstić information content (AvgIpc) is 3.20. The topological polar surface area (TPSA) is 72.8 Å². The van der Waals surface area contributed by atoms with Gasteiger partial charge in [0.05, 0.1) is 17.6 Å². The smallest absolute Gasteiger partial charge is 0.422 e. The van der Waals surface area contributed by atoms with Crippen LogP contribution < -0.4 is 10.3 Å². The summed E-state index contributed by atoms with van der Waals surface area (Å²) >= 11 is 0. The normalized spacial score (nSPS) is 12.8. The monoisotopic (exact) mass is 392 g/mol. The van der Waals surface area contributed by atoms with Crippen LogP contribution in [-0.2, 0) is 0 Å². The van der Waals surface area contributed by atoms with Crippen LogP contribution in [0.4, 0.5) is 13.2 Å². The highest BCUT2D eigenvalue weighted by molar-refractivity contribution is 5.56. The van der Waals surface area contributed by atoms with Crippen molar-refractivity contribution in [1.82, 2.24) is 19.7 Å². The number of ether oxygens (including phenoxy) is 1. The van der Waals surface area contributed by atoms with Crippen LogP contribution >= 0.6 is 0 Å². The van der Waals surface area contributed by atoms with E-state index in [-0.39, 0.29) is 17.2 Å². The van der Waals surface area contributed by atoms with Crippen LogP contribution in [0.2, 0.25) is 0 Å². The van der Waals surface area contributed by atoms with Gasteiger partial charge < -0.3 is 4.74 Å². The predicted octanol–water partition coefficient (Wildman–Crippen LogP) is 4.08. The summed E-state index contributed by atoms with van der Waals surface area (Å²) < 4.78 is 43.0. The Balaban J connectivity index is 2.00. The minimum absolute atomic E-state index is 0.0132. The van der Waals surface area contributed by atoms with E-state index in [9.17, 15) is 18.0 Å². The molecule has 1 atom stereocenters. The van der Waals surface area contributed by atoms with Gasteiger partial charge in [0.15, 0.2) is 6.61 Å². The van der Waals surface area contributed by atoms with Gasteiger partial charge in [-0.25, -0.2) is 4.98 Å². The van der Waals surface area contributed by atoms with Crippen molar-refractivity contribution in [2.24, 2.45) is 0 Å². The van der Waals surface area contributed by atoms with Crippen molar-refractivity contribution in [3.63, 3.8) is 0 Å². The fraction of sp³-hybridized carbons (Fsp3) is 0.316. The number of hydrogen-bond acceptors (Lipinski definition) is 4. The van der Waals surface area contributed by atoms with Gasteiger partial charge in [0.1, 0.15) is 11.6 Å². The molecule has 0 fully saturated rings. The van der Waals surface area contributed by atoms with Gasteiger partial charge in [-0.2, -0.15) is 18.3 Å². The third-order valence-electron chi connectivity index (χ3n) is 4.29. The summed E-state index contributed by atoms with van der Waals surface area (Å²) in [6.45, 7) is 2.57. The van der Waals surface area contributed by atoms with Crippen LogP contribution in [0.3, 0.4) is 0 Å². The number of halogens is 3. The van der Waals surface area contributed by atoms with Crippen molar-refractivity contribution in [2.45, 2.75) is 32.4 Å². The molecule has 1 N–H and O–H groups in total. The Morgan fingerprint density at radius 3 is 2.54 bits per heavy atom. The highest BCUT2D eigenvalue weighted by atomic mass is 19.4. The molecule has 3 aromatic rings. The van der Waals surface area contributed by atoms with E-state index in [1.54, 1.807) is 12.4 Å². The summed E-state index contributed by atoms with van der Waals surface area (Å²) in [6, 6.07) is 7.29. The highest BCUT2D eigenvalue weighted by Gasteiger charge is 2.28. The Kier molecular flexibility index (Phi) is 5.53. The fourth-order valence-electron chi connectivity index (χ4n) is 2.67. The summed E-state index contributed by atoms with van der Waals surface area (Å²) in [5, 5.41) is 6.57. The second-order valence-electron chi connectivity index (χ2n) is 6.37. The van der Waals surface area contributed by atoms with E-state index in [4.69, 9.17) is 4.74 Å². The zero-order valence-corrected chi connectivity index (χ0v) is 15.3. The van der Waals surface area contributed by atoms with Crippen LogP contribution in [-0.4, -0.2) is 32.5 Å². The van der Waals surface area contributed by atoms with Gasteiger partial charge in [0.2, 0.25) is 0 Å². The maximum atomic E-state index is 12.8. The first-order valence-corrected chi connectivity index (χ1v) is 8.71. The van der Waals surface area contributed by atoms with E-state index < -0.39 is 12.8 Å². The Hall–Kier alpha value is -3.10. The number of H-pyrrole nitrogens is 1. The molecule has 0 amide bonds. The molecule has 0 spiro atoms. The molecule has 0 aliphatic rings. The molecule has 0 aliphatic heterocycles. The Morgan fingerprint density at radius 2 is 1.96 bits per heavy atom. The Labute approximate surface area is 159 Å². The number of hydrogen-bond donors (Lipinski definition) is 1. The zero-order valence-electron chi connectivity index (χ0n) is 15.3. The van der Waals surface area contributed by atoms with Crippen molar-refractivity contribution in [3.05, 3.63) is 58.9 Å². The number of nitrogens with one attached hydrogen (secondary N) is 1. The standard InChI is InChI=1S/C19H19F3N4O2/c1-3-12(2)18-25-16(13-9-23-24-10-13)8-17(27)26(18)14-4-6-15(7-5-14)28-11-19(20,21)22/h4-10,12H,3,11H2,1-2H3,(H,23,24). The van der Waals surface area contributed by atoms with Gasteiger partial charge in [-0.3, -0.25) is 14.5 Å². The number of aromatic nitrogens is 4. The third-order valence-corrected chi connectivity index (χ3v) is 4.29. The number of rotatable bonds is 6. The molecular formula is C19H19F3N4O2. The van der Waals surface area contributed by atoms with E-state index in [1.807, 2.05) is 13.8 Å². The molecule has 1 aromatic carbocycles. The molecule has 28 heavy (non-hydrogen) atoms. The molecule has 0 saturated carbocycles. The maximum absolute atomic E-state index is 12.8. The maximum Gasteiger partial charge on any atom is 0.422 e. The second-order valence-corrected chi connectivity index (χ2v) is 6.37. The molecule has 0 aliphatic carbocycles. The lowest BCUT2D eigenvalue weighted by Crippen LogP contribution is -2.24. The Morgan fingerprint density at radius 1 is 1.25 bits per heavy atom. The van der Waals surface area contributed by atoms with Gasteiger partial charge in [-0.05, 0) is 30.7 Å². The molecule has 0 radical (unpaired) electrons. The van der Waals surface area contributed by atoms with Gasteiger partial charge in [0, 0.05) is 23.7 Å². The highest BCUT2D eigenvalue weighted by Crippen LogP contribution is 2.24. The van der Waals surface area contributed by atoms with Crippen LogP contribution in [0.25, 0.3) is 16.9 Å². The summed E-state index contributed by atoms with van der Waals surface area (Å²) in [6.07, 6.45) is -0.418. The molecule has 0 saturated heterocycles. The third kappa shape index (κ3) is 4.41. The van der Waals surface area contributed by atoms with E-state index in [1.165, 1.54) is 34.9 Å². The summed E-state index contributed by atoms with van der Waals surface area (Å²) in [5.41, 5.74) is 1.43. The molecule has 2 aromatic heterocycles. The van der Waals surface area contributed by atoms with Gasteiger partial charge in [0.25, 0.3) is 5.56 Å². The van der Waals surface area contributed by atoms with Crippen LogP contribution in [0, 0.1) is 0 Å². The quantitative estimate of drug-likeness (QED) is 0.686. The Bertz CT molecular complexity index is 980. The zero-order chi connectivity index (χ0) is 20.3. The molecule has 148 valence electrons. The first kappa shape index (κ1) is 19.7. The van der Waals surface area contributed by atoms with E-state index in [2.05, 4.69) is 15.2 Å². The molecule has 1 unspecified atom stereocenters. The van der Waals surface area contributed by atoms with Crippen molar-refractivity contribution in [2.75, 3.05) is 6.61 Å². The van der Waals surface area contributed by atoms with E-state index in [0.29, 0.717) is 22.8 Å². The van der Waals surface area contributed by atoms with E-state index >= 15 is 0 Å². The minimum Gasteiger partial charge on any atom is -0.484 e. The molecule has 0 bridgehead atoms. The minimum atomic E-state index is -4.41. The number of alkyl halides is 3. The van der Waals surface area contributed by atoms with Gasteiger partial charge in [-0.15, -0.1) is 0 Å². The largest absolute Gasteiger partial charge is 0.484 e. The lowest BCUT2D eigenvalue weighted by molar-refractivity contribution is -0.153. The van der Waals surface area contributed by atoms with Crippen molar-refractivity contribution < 1.29 is 17.9 Å². The number of aromatic amines is 1. The predicted molar refractivity (Wildman–Crippen MR) is 97.7 cm³/mol. The molecule has 6 nitrogen and oxygen atoms in total. The summed E-state index contributed by atoms with van der Waals surface area (Å²) in [5.74, 6) is 0.623. The number of benzene rings is 1. The second kappa shape index (κ2) is 7.87. The SMILES string of the molecule is CCC(C)c1nc(-c2cn[nH]c2)cc(=O)n1-c1ccc(OCC(F)(F)F)cc1. The van der Waals surface area contributed by atoms with Crippen LogP contribution in [0.1, 0.15) is 32.0 Å². The van der Waals surface area contributed by atoms with E-state index in [0.717, 1.165) is 6.42 Å². The number of nitrogens with zero attached hydrogens (tertiary/aromatic N) is 3. The lowest BCUT2D eigenvalue weighted by atomic mass is 10.1. The van der Waals surface area contributed by atoms with Crippen LogP contribution in [0.5, 0.6) is 5.75 Å².